The lowest BCUT2D eigenvalue weighted by Gasteiger charge is -2.53. The van der Waals surface area contributed by atoms with E-state index in [0.717, 1.165) is 0 Å². The fraction of sp³-hybridized carbons (Fsp3) is 0.500. The zero-order valence-electron chi connectivity index (χ0n) is 10.8. The Morgan fingerprint density at radius 2 is 1.59 bits per heavy atom. The van der Waals surface area contributed by atoms with E-state index < -0.39 is 65.5 Å². The van der Waals surface area contributed by atoms with E-state index in [0.29, 0.717) is 0 Å². The summed E-state index contributed by atoms with van der Waals surface area (Å²) in [4.78, 5) is 69.2. The highest BCUT2D eigenvalue weighted by Gasteiger charge is 2.89. The zero-order chi connectivity index (χ0) is 16.3. The molecule has 1 saturated carbocycles. The number of aliphatic carboxylic acids is 1. The molecule has 0 radical (unpaired) electrons. The van der Waals surface area contributed by atoms with Crippen LogP contribution in [0.1, 0.15) is 6.42 Å². The second-order valence-corrected chi connectivity index (χ2v) is 5.34. The van der Waals surface area contributed by atoms with Gasteiger partial charge in [-0.2, -0.15) is 0 Å². The molecule has 2 aliphatic heterocycles. The summed E-state index contributed by atoms with van der Waals surface area (Å²) in [7, 11) is 0. The van der Waals surface area contributed by atoms with Gasteiger partial charge in [0.2, 0.25) is 0 Å². The van der Waals surface area contributed by atoms with Crippen molar-refractivity contribution in [3.63, 3.8) is 0 Å². The smallest absolute Gasteiger partial charge is 0.325 e. The van der Waals surface area contributed by atoms with Crippen molar-refractivity contribution >= 4 is 36.3 Å². The van der Waals surface area contributed by atoms with Crippen LogP contribution in [0, 0.1) is 22.7 Å². The van der Waals surface area contributed by atoms with Gasteiger partial charge in [-0.1, -0.05) is 0 Å². The monoisotopic (exact) mass is 312 g/mol. The lowest BCUT2D eigenvalue weighted by Crippen LogP contribution is -2.70. The molecular weight excluding hydrogens is 304 g/mol. The number of hydrogen-bond donors (Lipinski definition) is 1. The number of hydrogen-bond acceptors (Lipinski definition) is 9. The molecule has 2 saturated heterocycles. The molecule has 0 bridgehead atoms. The van der Waals surface area contributed by atoms with Crippen molar-refractivity contribution in [3.05, 3.63) is 0 Å². The second kappa shape index (κ2) is 4.12. The molecule has 4 atom stereocenters. The molecule has 3 aliphatic rings. The minimum absolute atomic E-state index is 0.00118. The molecule has 0 aromatic rings. The minimum atomic E-state index is -2.00. The molecule has 3 rings (SSSR count). The van der Waals surface area contributed by atoms with Crippen LogP contribution in [0.15, 0.2) is 0 Å². The van der Waals surface area contributed by atoms with Crippen LogP contribution < -0.4 is 0 Å². The van der Waals surface area contributed by atoms with E-state index in [2.05, 4.69) is 14.2 Å². The van der Waals surface area contributed by atoms with Crippen molar-refractivity contribution in [2.45, 2.75) is 6.42 Å². The van der Waals surface area contributed by atoms with E-state index in [9.17, 15) is 28.8 Å². The zero-order valence-corrected chi connectivity index (χ0v) is 10.8. The van der Waals surface area contributed by atoms with Crippen molar-refractivity contribution in [2.75, 3.05) is 6.61 Å². The molecule has 2 heterocycles. The fourth-order valence-electron chi connectivity index (χ4n) is 3.88. The number of fused-ring (bicyclic) bond motifs is 4. The number of esters is 4. The van der Waals surface area contributed by atoms with Crippen LogP contribution >= 0.6 is 0 Å². The maximum Gasteiger partial charge on any atom is 0.325 e. The number of carboxylic acids is 1. The van der Waals surface area contributed by atoms with E-state index >= 15 is 0 Å². The Morgan fingerprint density at radius 3 is 2.05 bits per heavy atom. The van der Waals surface area contributed by atoms with E-state index in [4.69, 9.17) is 5.11 Å². The molecule has 116 valence electrons. The summed E-state index contributed by atoms with van der Waals surface area (Å²) in [6, 6.07) is 0. The maximum atomic E-state index is 12.0. The van der Waals surface area contributed by atoms with Crippen molar-refractivity contribution in [3.8, 4) is 0 Å². The van der Waals surface area contributed by atoms with Gasteiger partial charge in [0.05, 0.1) is 18.3 Å². The quantitative estimate of drug-likeness (QED) is 0.262. The summed E-state index contributed by atoms with van der Waals surface area (Å²) < 4.78 is 13.4. The van der Waals surface area contributed by atoms with Gasteiger partial charge >= 0.3 is 29.8 Å². The number of carboxylic acid groups (broad SMARTS) is 1. The molecule has 0 spiro atoms. The maximum absolute atomic E-state index is 12.0. The largest absolute Gasteiger partial charge is 0.481 e. The Balaban J connectivity index is 2.15. The first-order valence-corrected chi connectivity index (χ1v) is 6.11. The summed E-state index contributed by atoms with van der Waals surface area (Å²) in [6.45, 7) is -0.679. The van der Waals surface area contributed by atoms with E-state index in [1.54, 1.807) is 0 Å². The third kappa shape index (κ3) is 1.29. The third-order valence-corrected chi connectivity index (χ3v) is 4.51. The Labute approximate surface area is 121 Å². The summed E-state index contributed by atoms with van der Waals surface area (Å²) in [5, 5.41) is 8.98. The SMILES string of the molecule is O=COCC12C(=O)OC(=O)C1C1(CC(=O)O)C(=O)OC(=O)C21. The Bertz CT molecular complexity index is 630. The van der Waals surface area contributed by atoms with E-state index in [1.165, 1.54) is 0 Å². The highest BCUT2D eigenvalue weighted by molar-refractivity contribution is 6.15. The first kappa shape index (κ1) is 14.2. The van der Waals surface area contributed by atoms with Crippen LogP contribution in [0.5, 0.6) is 0 Å². The molecule has 0 amide bonds. The van der Waals surface area contributed by atoms with Crippen LogP contribution in [0.3, 0.4) is 0 Å². The molecule has 0 aromatic heterocycles. The number of carbonyl (C=O) groups is 6. The third-order valence-electron chi connectivity index (χ3n) is 4.51. The molecule has 0 aromatic carbocycles. The average molecular weight is 312 g/mol. The van der Waals surface area contributed by atoms with Gasteiger partial charge in [-0.05, 0) is 0 Å². The van der Waals surface area contributed by atoms with Crippen LogP contribution in [0.2, 0.25) is 0 Å². The molecule has 10 nitrogen and oxygen atoms in total. The van der Waals surface area contributed by atoms with Gasteiger partial charge in [0, 0.05) is 0 Å². The summed E-state index contributed by atoms with van der Waals surface area (Å²) in [6.07, 6.45) is -0.877. The summed E-state index contributed by atoms with van der Waals surface area (Å²) >= 11 is 0. The predicted octanol–water partition coefficient (Wildman–Crippen LogP) is -1.98. The number of rotatable bonds is 5. The standard InChI is InChI=1S/C12H8O10/c13-3-20-2-12-5-7(16)21-9(18)11(5,1-4(14)15)6(12)8(17)22-10(12)19/h3,5-6H,1-2H2,(H,14,15). The van der Waals surface area contributed by atoms with Gasteiger partial charge in [-0.25, -0.2) is 0 Å². The van der Waals surface area contributed by atoms with Crippen LogP contribution in [0.4, 0.5) is 0 Å². The lowest BCUT2D eigenvalue weighted by atomic mass is 9.39. The molecule has 3 fully saturated rings. The first-order valence-electron chi connectivity index (χ1n) is 6.11. The van der Waals surface area contributed by atoms with E-state index in [-0.39, 0.29) is 6.47 Å². The van der Waals surface area contributed by atoms with Gasteiger partial charge in [-0.3, -0.25) is 28.8 Å². The highest BCUT2D eigenvalue weighted by Crippen LogP contribution is 2.72. The van der Waals surface area contributed by atoms with Crippen LogP contribution in [-0.4, -0.2) is 48.0 Å². The van der Waals surface area contributed by atoms with Crippen LogP contribution in [-0.2, 0) is 43.0 Å². The second-order valence-electron chi connectivity index (χ2n) is 5.34. The van der Waals surface area contributed by atoms with Gasteiger partial charge in [0.1, 0.15) is 17.4 Å². The van der Waals surface area contributed by atoms with Crippen molar-refractivity contribution in [2.24, 2.45) is 22.7 Å². The van der Waals surface area contributed by atoms with Gasteiger partial charge in [-0.15, -0.1) is 0 Å². The normalized spacial score (nSPS) is 38.5. The van der Waals surface area contributed by atoms with Crippen molar-refractivity contribution < 1.29 is 48.1 Å². The molecule has 10 heteroatoms. The topological polar surface area (TPSA) is 150 Å². The molecule has 22 heavy (non-hydrogen) atoms. The number of ether oxygens (including phenoxy) is 3. The molecular formula is C12H8O10. The molecule has 1 N–H and O–H groups in total. The Morgan fingerprint density at radius 1 is 1.09 bits per heavy atom. The predicted molar refractivity (Wildman–Crippen MR) is 58.3 cm³/mol. The lowest BCUT2D eigenvalue weighted by molar-refractivity contribution is -0.202. The van der Waals surface area contributed by atoms with E-state index in [1.807, 2.05) is 0 Å². The first-order chi connectivity index (χ1) is 10.3. The minimum Gasteiger partial charge on any atom is -0.481 e. The average Bonchev–Trinajstić information content (AvgIpc) is 2.72. The van der Waals surface area contributed by atoms with Crippen molar-refractivity contribution in [1.29, 1.82) is 0 Å². The van der Waals surface area contributed by atoms with Gasteiger partial charge in [0.25, 0.3) is 6.47 Å². The van der Waals surface area contributed by atoms with Gasteiger partial charge in [0.15, 0.2) is 0 Å². The Hall–Kier alpha value is -2.78. The highest BCUT2D eigenvalue weighted by atomic mass is 16.6. The number of carbonyl (C=O) groups excluding carboxylic acids is 5. The van der Waals surface area contributed by atoms with Crippen LogP contribution in [0.25, 0.3) is 0 Å². The number of cyclic esters (lactones) is 4. The Kier molecular flexibility index (Phi) is 2.65. The fourth-order valence-corrected chi connectivity index (χ4v) is 3.88. The summed E-state index contributed by atoms with van der Waals surface area (Å²) in [5.74, 6) is -9.12. The summed E-state index contributed by atoms with van der Waals surface area (Å²) in [5.41, 5.74) is -3.91. The molecule has 1 aliphatic carbocycles. The van der Waals surface area contributed by atoms with Crippen molar-refractivity contribution in [1.82, 2.24) is 0 Å². The molecule has 4 unspecified atom stereocenters. The van der Waals surface area contributed by atoms with Gasteiger partial charge < -0.3 is 19.3 Å².